The number of fused-ring (bicyclic) bond motifs is 5. The van der Waals surface area contributed by atoms with Crippen LogP contribution in [0.3, 0.4) is 0 Å². The Morgan fingerprint density at radius 3 is 2.29 bits per heavy atom. The van der Waals surface area contributed by atoms with Crippen molar-refractivity contribution in [3.8, 4) is 11.1 Å². The van der Waals surface area contributed by atoms with Crippen molar-refractivity contribution in [2.45, 2.75) is 31.6 Å². The molecule has 2 unspecified atom stereocenters. The predicted octanol–water partition coefficient (Wildman–Crippen LogP) is 5.50. The van der Waals surface area contributed by atoms with Gasteiger partial charge in [0.25, 0.3) is 0 Å². The first kappa shape index (κ1) is 21.9. The van der Waals surface area contributed by atoms with Gasteiger partial charge in [-0.3, -0.25) is 4.79 Å². The molecule has 0 amide bonds. The molecule has 1 aliphatic heterocycles. The molecule has 34 heavy (non-hydrogen) atoms. The summed E-state index contributed by atoms with van der Waals surface area (Å²) in [7, 11) is 0. The molecule has 6 rings (SSSR count). The average Bonchev–Trinajstić information content (AvgIpc) is 3.22. The van der Waals surface area contributed by atoms with Crippen molar-refractivity contribution in [1.82, 2.24) is 5.32 Å². The van der Waals surface area contributed by atoms with E-state index in [1.54, 1.807) is 6.92 Å². The molecule has 2 heteroatoms. The van der Waals surface area contributed by atoms with Crippen LogP contribution in [0.4, 0.5) is 0 Å². The summed E-state index contributed by atoms with van der Waals surface area (Å²) < 4.78 is 0. The second-order valence-electron chi connectivity index (χ2n) is 8.95. The van der Waals surface area contributed by atoms with Crippen LogP contribution in [0.15, 0.2) is 103 Å². The Balaban J connectivity index is 0.000000297. The van der Waals surface area contributed by atoms with E-state index in [1.807, 2.05) is 36.7 Å². The highest BCUT2D eigenvalue weighted by atomic mass is 16.1. The van der Waals surface area contributed by atoms with Gasteiger partial charge in [0.15, 0.2) is 0 Å². The van der Waals surface area contributed by atoms with Gasteiger partial charge in [0.1, 0.15) is 5.78 Å². The zero-order chi connectivity index (χ0) is 23.3. The molecule has 3 aromatic rings. The van der Waals surface area contributed by atoms with E-state index in [1.165, 1.54) is 38.3 Å². The van der Waals surface area contributed by atoms with Gasteiger partial charge < -0.3 is 5.32 Å². The number of allylic oxidation sites excluding steroid dienone is 4. The third-order valence-corrected chi connectivity index (χ3v) is 6.82. The number of hydrogen-bond acceptors (Lipinski definition) is 2. The van der Waals surface area contributed by atoms with Gasteiger partial charge in [0, 0.05) is 24.2 Å². The summed E-state index contributed by atoms with van der Waals surface area (Å²) in [5.74, 6) is 0.525. The number of rotatable bonds is 2. The molecule has 0 saturated heterocycles. The highest BCUT2D eigenvalue weighted by Crippen LogP contribution is 2.34. The highest BCUT2D eigenvalue weighted by Gasteiger charge is 2.28. The Morgan fingerprint density at radius 2 is 1.53 bits per heavy atom. The smallest absolute Gasteiger partial charge is 0.137 e. The van der Waals surface area contributed by atoms with Gasteiger partial charge in [-0.05, 0) is 70.2 Å². The first-order valence-corrected chi connectivity index (χ1v) is 12.0. The van der Waals surface area contributed by atoms with Crippen LogP contribution in [0.2, 0.25) is 0 Å². The van der Waals surface area contributed by atoms with Gasteiger partial charge in [-0.25, -0.2) is 0 Å². The van der Waals surface area contributed by atoms with Crippen molar-refractivity contribution in [1.29, 1.82) is 0 Å². The van der Waals surface area contributed by atoms with Crippen LogP contribution in [0, 0.1) is 0 Å². The molecule has 168 valence electrons. The Hall–Kier alpha value is -3.91. The van der Waals surface area contributed by atoms with Crippen LogP contribution < -0.4 is 15.8 Å². The molecule has 0 fully saturated rings. The zero-order valence-electron chi connectivity index (χ0n) is 19.4. The van der Waals surface area contributed by atoms with E-state index in [-0.39, 0.29) is 17.6 Å². The average molecular weight is 444 g/mol. The molecule has 0 radical (unpaired) electrons. The van der Waals surface area contributed by atoms with E-state index >= 15 is 0 Å². The molecule has 1 N–H and O–H groups in total. The molecule has 3 aliphatic rings. The maximum atomic E-state index is 12.5. The quantitative estimate of drug-likeness (QED) is 0.566. The van der Waals surface area contributed by atoms with E-state index in [0.717, 1.165) is 12.8 Å². The van der Waals surface area contributed by atoms with Crippen LogP contribution >= 0.6 is 0 Å². The van der Waals surface area contributed by atoms with Crippen molar-refractivity contribution in [3.63, 3.8) is 0 Å². The second-order valence-corrected chi connectivity index (χ2v) is 8.95. The molecular formula is C32H29NO. The van der Waals surface area contributed by atoms with Crippen molar-refractivity contribution in [2.24, 2.45) is 0 Å². The van der Waals surface area contributed by atoms with Crippen molar-refractivity contribution < 1.29 is 4.79 Å². The normalized spacial score (nSPS) is 19.0. The topological polar surface area (TPSA) is 29.1 Å². The van der Waals surface area contributed by atoms with Gasteiger partial charge in [-0.15, -0.1) is 0 Å². The molecule has 3 aromatic carbocycles. The monoisotopic (exact) mass is 443 g/mol. The fourth-order valence-corrected chi connectivity index (χ4v) is 5.14. The number of hydrogen-bond donors (Lipinski definition) is 1. The zero-order valence-corrected chi connectivity index (χ0v) is 19.4. The van der Waals surface area contributed by atoms with Gasteiger partial charge in [-0.1, -0.05) is 91.0 Å². The summed E-state index contributed by atoms with van der Waals surface area (Å²) in [5.41, 5.74) is 6.49. The Labute approximate surface area is 201 Å². The first-order valence-electron chi connectivity index (χ1n) is 12.0. The van der Waals surface area contributed by atoms with Gasteiger partial charge in [-0.2, -0.15) is 0 Å². The molecular weight excluding hydrogens is 414 g/mol. The van der Waals surface area contributed by atoms with Crippen molar-refractivity contribution in [2.75, 3.05) is 0 Å². The molecule has 0 saturated carbocycles. The Morgan fingerprint density at radius 1 is 0.794 bits per heavy atom. The molecule has 2 atom stereocenters. The SMILES string of the molecule is C1=CC=CNC=C1.CC(=O)C1CC(c2ccccc2)C=c2c1ccc1c2=CCc2ccccc2-1. The first-order chi connectivity index (χ1) is 16.7. The van der Waals surface area contributed by atoms with Crippen molar-refractivity contribution in [3.05, 3.63) is 131 Å². The largest absolute Gasteiger partial charge is 0.368 e. The minimum Gasteiger partial charge on any atom is -0.368 e. The molecule has 0 aromatic heterocycles. The molecule has 2 nitrogen and oxygen atoms in total. The summed E-state index contributed by atoms with van der Waals surface area (Å²) in [6, 6.07) is 23.6. The van der Waals surface area contributed by atoms with Gasteiger partial charge in [0.05, 0.1) is 0 Å². The summed E-state index contributed by atoms with van der Waals surface area (Å²) >= 11 is 0. The lowest BCUT2D eigenvalue weighted by molar-refractivity contribution is -0.118. The summed E-state index contributed by atoms with van der Waals surface area (Å²) in [5, 5.41) is 5.49. The highest BCUT2D eigenvalue weighted by molar-refractivity contribution is 5.85. The van der Waals surface area contributed by atoms with Gasteiger partial charge >= 0.3 is 0 Å². The second kappa shape index (κ2) is 9.93. The summed E-state index contributed by atoms with van der Waals surface area (Å²) in [6.45, 7) is 1.74. The van der Waals surface area contributed by atoms with Crippen LogP contribution in [0.1, 0.15) is 41.9 Å². The van der Waals surface area contributed by atoms with Crippen molar-refractivity contribution >= 4 is 17.9 Å². The number of carbonyl (C=O) groups excluding carboxylic acids is 1. The number of Topliss-reactive ketones (excluding diaryl/α,β-unsaturated/α-hetero) is 1. The van der Waals surface area contributed by atoms with E-state index in [4.69, 9.17) is 0 Å². The molecule has 2 aliphatic carbocycles. The third-order valence-electron chi connectivity index (χ3n) is 6.82. The van der Waals surface area contributed by atoms with Gasteiger partial charge in [0.2, 0.25) is 0 Å². The Kier molecular flexibility index (Phi) is 6.40. The number of ketones is 1. The maximum absolute atomic E-state index is 12.5. The van der Waals surface area contributed by atoms with E-state index in [2.05, 4.69) is 84.2 Å². The standard InChI is InChI=1S/C26H22O.C6H7N/c1-17(27)25-15-20(18-7-3-2-4-8-18)16-26-23-12-11-19-9-5-6-10-21(19)22(23)13-14-24(25)26;1-2-4-6-7-5-3-1/h2-10,12-14,16,20,25H,11,15H2,1H3;1-7H. The summed E-state index contributed by atoms with van der Waals surface area (Å²) in [6.07, 6.45) is 18.1. The number of carbonyl (C=O) groups is 1. The van der Waals surface area contributed by atoms with E-state index in [9.17, 15) is 4.79 Å². The lowest BCUT2D eigenvalue weighted by Gasteiger charge is -2.27. The third kappa shape index (κ3) is 4.45. The van der Waals surface area contributed by atoms with Crippen LogP contribution in [0.25, 0.3) is 23.3 Å². The maximum Gasteiger partial charge on any atom is 0.137 e. The molecule has 1 heterocycles. The fourth-order valence-electron chi connectivity index (χ4n) is 5.14. The van der Waals surface area contributed by atoms with Crippen LogP contribution in [-0.4, -0.2) is 5.78 Å². The minimum atomic E-state index is -0.0222. The lowest BCUT2D eigenvalue weighted by Crippen LogP contribution is -2.38. The lowest BCUT2D eigenvalue weighted by atomic mass is 9.76. The fraction of sp³-hybridized carbons (Fsp3) is 0.156. The number of benzene rings is 3. The summed E-state index contributed by atoms with van der Waals surface area (Å²) in [4.78, 5) is 12.5. The van der Waals surface area contributed by atoms with Crippen LogP contribution in [-0.2, 0) is 11.2 Å². The number of nitrogens with one attached hydrogen (secondary N) is 1. The minimum absolute atomic E-state index is 0.0222. The van der Waals surface area contributed by atoms with E-state index < -0.39 is 0 Å². The van der Waals surface area contributed by atoms with Crippen LogP contribution in [0.5, 0.6) is 0 Å². The molecule has 0 spiro atoms. The Bertz CT molecular complexity index is 1400. The van der Waals surface area contributed by atoms with E-state index in [0.29, 0.717) is 0 Å². The predicted molar refractivity (Wildman–Crippen MR) is 142 cm³/mol. The molecule has 0 bridgehead atoms.